The molecule has 1 spiro atoms. The molecule has 2 rings (SSSR count). The Morgan fingerprint density at radius 1 is 1.12 bits per heavy atom. The molecule has 2 fully saturated rings. The van der Waals surface area contributed by atoms with Crippen molar-refractivity contribution in [3.8, 4) is 0 Å². The molecule has 0 unspecified atom stereocenters. The molecular weight excluding hydrogens is 200 g/mol. The van der Waals surface area contributed by atoms with Gasteiger partial charge in [0.25, 0.3) is 0 Å². The Bertz CT molecular complexity index is 257. The maximum atomic E-state index is 10.9. The van der Waals surface area contributed by atoms with Crippen LogP contribution >= 0.6 is 0 Å². The molecule has 2 saturated carbocycles. The molecular formula is C14H24O2. The molecule has 92 valence electrons. The van der Waals surface area contributed by atoms with Crippen molar-refractivity contribution in [2.24, 2.45) is 5.41 Å². The van der Waals surface area contributed by atoms with Crippen LogP contribution in [0.15, 0.2) is 12.7 Å². The number of hydrogen-bond acceptors (Lipinski definition) is 2. The summed E-state index contributed by atoms with van der Waals surface area (Å²) in [5.41, 5.74) is -0.940. The van der Waals surface area contributed by atoms with Crippen LogP contribution < -0.4 is 0 Å². The van der Waals surface area contributed by atoms with E-state index < -0.39 is 5.60 Å². The highest BCUT2D eigenvalue weighted by molar-refractivity contribution is 5.08. The lowest BCUT2D eigenvalue weighted by Gasteiger charge is -2.55. The smallest absolute Gasteiger partial charge is 0.0762 e. The lowest BCUT2D eigenvalue weighted by molar-refractivity contribution is -0.182. The first kappa shape index (κ1) is 12.1. The predicted octanol–water partition coefficient (Wildman–Crippen LogP) is 2.79. The number of rotatable bonds is 2. The van der Waals surface area contributed by atoms with Gasteiger partial charge in [0.05, 0.1) is 11.7 Å². The van der Waals surface area contributed by atoms with Crippen molar-refractivity contribution in [2.75, 3.05) is 0 Å². The molecule has 3 atom stereocenters. The highest BCUT2D eigenvalue weighted by atomic mass is 16.3. The monoisotopic (exact) mass is 224 g/mol. The molecule has 2 nitrogen and oxygen atoms in total. The summed E-state index contributed by atoms with van der Waals surface area (Å²) in [6.45, 7) is 3.76. The molecule has 0 aromatic rings. The first-order valence-corrected chi connectivity index (χ1v) is 6.66. The van der Waals surface area contributed by atoms with E-state index in [4.69, 9.17) is 0 Å². The van der Waals surface area contributed by atoms with Crippen molar-refractivity contribution in [3.05, 3.63) is 12.7 Å². The maximum Gasteiger partial charge on any atom is 0.0762 e. The number of aliphatic hydroxyl groups excluding tert-OH is 1. The minimum atomic E-state index is -0.702. The normalized spacial score (nSPS) is 44.5. The van der Waals surface area contributed by atoms with E-state index >= 15 is 0 Å². The van der Waals surface area contributed by atoms with Gasteiger partial charge in [-0.05, 0) is 32.1 Å². The van der Waals surface area contributed by atoms with Crippen LogP contribution in [0.1, 0.15) is 57.8 Å². The van der Waals surface area contributed by atoms with E-state index in [0.717, 1.165) is 51.4 Å². The molecule has 0 aliphatic heterocycles. The van der Waals surface area contributed by atoms with E-state index in [2.05, 4.69) is 6.58 Å². The molecule has 0 amide bonds. The summed E-state index contributed by atoms with van der Waals surface area (Å²) >= 11 is 0. The molecule has 2 aliphatic carbocycles. The molecule has 2 heteroatoms. The van der Waals surface area contributed by atoms with Gasteiger partial charge in [-0.25, -0.2) is 0 Å². The summed E-state index contributed by atoms with van der Waals surface area (Å²) < 4.78 is 0. The minimum Gasteiger partial charge on any atom is -0.392 e. The molecule has 2 aliphatic rings. The summed E-state index contributed by atoms with van der Waals surface area (Å²) in [5, 5.41) is 21.2. The number of aliphatic hydroxyl groups is 2. The third-order valence-electron chi connectivity index (χ3n) is 4.86. The average Bonchev–Trinajstić information content (AvgIpc) is 2.26. The molecule has 0 bridgehead atoms. The van der Waals surface area contributed by atoms with Gasteiger partial charge in [0.2, 0.25) is 0 Å². The van der Waals surface area contributed by atoms with Crippen molar-refractivity contribution < 1.29 is 10.2 Å². The Hall–Kier alpha value is -0.340. The van der Waals surface area contributed by atoms with Crippen LogP contribution in [0.3, 0.4) is 0 Å². The van der Waals surface area contributed by atoms with Crippen LogP contribution in [0, 0.1) is 5.41 Å². The average molecular weight is 224 g/mol. The van der Waals surface area contributed by atoms with Gasteiger partial charge in [-0.2, -0.15) is 0 Å². The van der Waals surface area contributed by atoms with Crippen LogP contribution in [-0.4, -0.2) is 21.9 Å². The van der Waals surface area contributed by atoms with Crippen LogP contribution in [0.4, 0.5) is 0 Å². The fourth-order valence-corrected chi connectivity index (χ4v) is 3.94. The summed E-state index contributed by atoms with van der Waals surface area (Å²) in [6, 6.07) is 0. The Labute approximate surface area is 98.4 Å². The van der Waals surface area contributed by atoms with Crippen LogP contribution in [0.25, 0.3) is 0 Å². The van der Waals surface area contributed by atoms with Crippen LogP contribution in [0.5, 0.6) is 0 Å². The van der Waals surface area contributed by atoms with Crippen molar-refractivity contribution in [2.45, 2.75) is 69.5 Å². The zero-order chi connectivity index (χ0) is 11.6. The van der Waals surface area contributed by atoms with Gasteiger partial charge in [-0.3, -0.25) is 0 Å². The fourth-order valence-electron chi connectivity index (χ4n) is 3.94. The van der Waals surface area contributed by atoms with E-state index in [0.29, 0.717) is 6.42 Å². The third kappa shape index (κ3) is 1.72. The molecule has 0 saturated heterocycles. The zero-order valence-corrected chi connectivity index (χ0v) is 10.1. The third-order valence-corrected chi connectivity index (χ3v) is 4.86. The van der Waals surface area contributed by atoms with E-state index in [1.165, 1.54) is 0 Å². The molecule has 0 heterocycles. The largest absolute Gasteiger partial charge is 0.392 e. The van der Waals surface area contributed by atoms with Crippen LogP contribution in [0.2, 0.25) is 0 Å². The van der Waals surface area contributed by atoms with Crippen LogP contribution in [-0.2, 0) is 0 Å². The zero-order valence-electron chi connectivity index (χ0n) is 10.1. The topological polar surface area (TPSA) is 40.5 Å². The van der Waals surface area contributed by atoms with Gasteiger partial charge < -0.3 is 10.2 Å². The summed E-state index contributed by atoms with van der Waals surface area (Å²) in [7, 11) is 0. The summed E-state index contributed by atoms with van der Waals surface area (Å²) in [6.07, 6.45) is 10.3. The van der Waals surface area contributed by atoms with E-state index in [9.17, 15) is 10.2 Å². The SMILES string of the molecule is C=CC[C@]1(O)CCCC[C@]12CCCC[C@@H]2O. The highest BCUT2D eigenvalue weighted by Gasteiger charge is 2.55. The van der Waals surface area contributed by atoms with Gasteiger partial charge in [-0.1, -0.05) is 31.8 Å². The lowest BCUT2D eigenvalue weighted by atomic mass is 9.54. The van der Waals surface area contributed by atoms with Gasteiger partial charge in [0, 0.05) is 5.41 Å². The van der Waals surface area contributed by atoms with Crippen molar-refractivity contribution in [3.63, 3.8) is 0 Å². The second-order valence-corrected chi connectivity index (χ2v) is 5.65. The quantitative estimate of drug-likeness (QED) is 0.708. The highest BCUT2D eigenvalue weighted by Crippen LogP contribution is 2.54. The summed E-state index contributed by atoms with van der Waals surface area (Å²) in [5.74, 6) is 0. The van der Waals surface area contributed by atoms with Crippen molar-refractivity contribution >= 4 is 0 Å². The number of hydrogen-bond donors (Lipinski definition) is 2. The van der Waals surface area contributed by atoms with Crippen molar-refractivity contribution in [1.82, 2.24) is 0 Å². The Morgan fingerprint density at radius 2 is 1.75 bits per heavy atom. The van der Waals surface area contributed by atoms with Gasteiger partial charge in [-0.15, -0.1) is 6.58 Å². The van der Waals surface area contributed by atoms with Gasteiger partial charge in [0.15, 0.2) is 0 Å². The Kier molecular flexibility index (Phi) is 3.41. The molecule has 2 N–H and O–H groups in total. The molecule has 0 radical (unpaired) electrons. The van der Waals surface area contributed by atoms with E-state index in [-0.39, 0.29) is 11.5 Å². The second kappa shape index (κ2) is 4.50. The Balaban J connectivity index is 2.28. The van der Waals surface area contributed by atoms with Gasteiger partial charge >= 0.3 is 0 Å². The lowest BCUT2D eigenvalue weighted by Crippen LogP contribution is -2.58. The van der Waals surface area contributed by atoms with Crippen molar-refractivity contribution in [1.29, 1.82) is 0 Å². The maximum absolute atomic E-state index is 10.9. The molecule has 0 aromatic carbocycles. The minimum absolute atomic E-state index is 0.238. The fraction of sp³-hybridized carbons (Fsp3) is 0.857. The summed E-state index contributed by atoms with van der Waals surface area (Å²) in [4.78, 5) is 0. The van der Waals surface area contributed by atoms with Gasteiger partial charge in [0.1, 0.15) is 0 Å². The molecule has 16 heavy (non-hydrogen) atoms. The second-order valence-electron chi connectivity index (χ2n) is 5.65. The van der Waals surface area contributed by atoms with E-state index in [1.54, 1.807) is 0 Å². The first-order chi connectivity index (χ1) is 7.65. The molecule has 0 aromatic heterocycles. The standard InChI is InChI=1S/C14H24O2/c1-2-8-14(16)11-6-5-10-13(14)9-4-3-7-12(13)15/h2,12,15-16H,1,3-11H2/t12-,13-,14-/m0/s1. The predicted molar refractivity (Wildman–Crippen MR) is 65.1 cm³/mol. The first-order valence-electron chi connectivity index (χ1n) is 6.66. The Morgan fingerprint density at radius 3 is 2.44 bits per heavy atom. The van der Waals surface area contributed by atoms with E-state index in [1.807, 2.05) is 6.08 Å².